The van der Waals surface area contributed by atoms with Crippen LogP contribution in [0.1, 0.15) is 37.4 Å². The van der Waals surface area contributed by atoms with Gasteiger partial charge < -0.3 is 5.32 Å². The van der Waals surface area contributed by atoms with Crippen LogP contribution >= 0.6 is 11.8 Å². The molecule has 0 bridgehead atoms. The standard InChI is InChI=1S/C15H24N2S/c1-11(2)9-18-10-14(16-3)13-7-6-12-5-4-8-17-15(12)13/h4-5,8,11,13-14,16H,6-7,9-10H2,1-3H3. The average molecular weight is 264 g/mol. The fraction of sp³-hybridized carbons (Fsp3) is 0.667. The van der Waals surface area contributed by atoms with Gasteiger partial charge in [0.05, 0.1) is 0 Å². The van der Waals surface area contributed by atoms with Gasteiger partial charge in [0.15, 0.2) is 0 Å². The molecule has 1 aliphatic carbocycles. The third-order valence-corrected chi connectivity index (χ3v) is 5.10. The number of nitrogens with one attached hydrogen (secondary N) is 1. The van der Waals surface area contributed by atoms with Crippen LogP contribution in [0.2, 0.25) is 0 Å². The van der Waals surface area contributed by atoms with E-state index in [-0.39, 0.29) is 0 Å². The molecule has 2 nitrogen and oxygen atoms in total. The van der Waals surface area contributed by atoms with E-state index in [0.29, 0.717) is 12.0 Å². The summed E-state index contributed by atoms with van der Waals surface area (Å²) >= 11 is 2.07. The van der Waals surface area contributed by atoms with Crippen LogP contribution in [0.25, 0.3) is 0 Å². The monoisotopic (exact) mass is 264 g/mol. The van der Waals surface area contributed by atoms with E-state index in [2.05, 4.69) is 55.1 Å². The first kappa shape index (κ1) is 13.9. The van der Waals surface area contributed by atoms with Crippen molar-refractivity contribution in [1.29, 1.82) is 0 Å². The van der Waals surface area contributed by atoms with Crippen molar-refractivity contribution in [3.05, 3.63) is 29.6 Å². The number of thioether (sulfide) groups is 1. The molecule has 18 heavy (non-hydrogen) atoms. The molecule has 1 aliphatic rings. The second-order valence-electron chi connectivity index (χ2n) is 5.52. The molecule has 1 aromatic heterocycles. The van der Waals surface area contributed by atoms with Crippen LogP contribution in [-0.2, 0) is 6.42 Å². The van der Waals surface area contributed by atoms with E-state index >= 15 is 0 Å². The Kier molecular flexibility index (Phi) is 5.07. The Morgan fingerprint density at radius 3 is 3.00 bits per heavy atom. The number of pyridine rings is 1. The summed E-state index contributed by atoms with van der Waals surface area (Å²) < 4.78 is 0. The third-order valence-electron chi connectivity index (χ3n) is 3.61. The smallest absolute Gasteiger partial charge is 0.0482 e. The Bertz CT molecular complexity index is 379. The average Bonchev–Trinajstić information content (AvgIpc) is 2.78. The van der Waals surface area contributed by atoms with Crippen molar-refractivity contribution in [2.45, 2.75) is 38.6 Å². The van der Waals surface area contributed by atoms with Crippen LogP contribution in [0.3, 0.4) is 0 Å². The predicted octanol–water partition coefficient (Wildman–Crippen LogP) is 3.09. The van der Waals surface area contributed by atoms with Gasteiger partial charge in [0.2, 0.25) is 0 Å². The van der Waals surface area contributed by atoms with Crippen LogP contribution in [0, 0.1) is 5.92 Å². The molecule has 0 aromatic carbocycles. The largest absolute Gasteiger partial charge is 0.316 e. The fourth-order valence-corrected chi connectivity index (χ4v) is 3.93. The van der Waals surface area contributed by atoms with Gasteiger partial charge >= 0.3 is 0 Å². The molecule has 0 saturated heterocycles. The quantitative estimate of drug-likeness (QED) is 0.854. The molecule has 0 saturated carbocycles. The zero-order valence-electron chi connectivity index (χ0n) is 11.6. The van der Waals surface area contributed by atoms with Gasteiger partial charge in [-0.05, 0) is 43.2 Å². The number of aryl methyl sites for hydroxylation is 1. The molecule has 0 spiro atoms. The molecule has 2 unspecified atom stereocenters. The molecule has 1 N–H and O–H groups in total. The zero-order valence-corrected chi connectivity index (χ0v) is 12.5. The minimum atomic E-state index is 0.560. The first-order chi connectivity index (χ1) is 8.72. The fourth-order valence-electron chi connectivity index (χ4n) is 2.67. The van der Waals surface area contributed by atoms with Gasteiger partial charge in [0, 0.05) is 29.6 Å². The maximum absolute atomic E-state index is 4.60. The summed E-state index contributed by atoms with van der Waals surface area (Å²) in [6.07, 6.45) is 4.38. The first-order valence-electron chi connectivity index (χ1n) is 6.91. The number of hydrogen-bond acceptors (Lipinski definition) is 3. The molecule has 0 aliphatic heterocycles. The maximum atomic E-state index is 4.60. The highest BCUT2D eigenvalue weighted by atomic mass is 32.2. The van der Waals surface area contributed by atoms with Crippen molar-refractivity contribution in [1.82, 2.24) is 10.3 Å². The molecule has 1 heterocycles. The summed E-state index contributed by atoms with van der Waals surface area (Å²) in [7, 11) is 2.08. The van der Waals surface area contributed by atoms with E-state index in [0.717, 1.165) is 5.92 Å². The van der Waals surface area contributed by atoms with E-state index in [9.17, 15) is 0 Å². The van der Waals surface area contributed by atoms with Gasteiger partial charge in [0.1, 0.15) is 0 Å². The van der Waals surface area contributed by atoms with Crippen molar-refractivity contribution in [2.24, 2.45) is 5.92 Å². The summed E-state index contributed by atoms with van der Waals surface area (Å²) in [4.78, 5) is 4.60. The van der Waals surface area contributed by atoms with E-state index in [4.69, 9.17) is 0 Å². The highest BCUT2D eigenvalue weighted by Crippen LogP contribution is 2.34. The summed E-state index contributed by atoms with van der Waals surface area (Å²) in [5.74, 6) is 3.82. The van der Waals surface area contributed by atoms with Gasteiger partial charge in [-0.1, -0.05) is 19.9 Å². The number of hydrogen-bond donors (Lipinski definition) is 1. The lowest BCUT2D eigenvalue weighted by atomic mass is 9.98. The Morgan fingerprint density at radius 2 is 2.28 bits per heavy atom. The SMILES string of the molecule is CNC(CSCC(C)C)C1CCc2cccnc21. The third kappa shape index (κ3) is 3.27. The number of nitrogens with zero attached hydrogens (tertiary/aromatic N) is 1. The van der Waals surface area contributed by atoms with E-state index in [1.807, 2.05) is 6.20 Å². The Morgan fingerprint density at radius 1 is 1.44 bits per heavy atom. The molecule has 3 heteroatoms. The lowest BCUT2D eigenvalue weighted by Crippen LogP contribution is -2.34. The summed E-state index contributed by atoms with van der Waals surface area (Å²) in [5, 5.41) is 3.50. The minimum Gasteiger partial charge on any atom is -0.316 e. The lowest BCUT2D eigenvalue weighted by Gasteiger charge is -2.23. The first-order valence-corrected chi connectivity index (χ1v) is 8.06. The van der Waals surface area contributed by atoms with Gasteiger partial charge in [-0.3, -0.25) is 4.98 Å². The van der Waals surface area contributed by atoms with Crippen LogP contribution < -0.4 is 5.32 Å². The molecule has 0 fully saturated rings. The number of fused-ring (bicyclic) bond motifs is 1. The van der Waals surface area contributed by atoms with Crippen LogP contribution in [0.5, 0.6) is 0 Å². The van der Waals surface area contributed by atoms with Gasteiger partial charge in [-0.15, -0.1) is 0 Å². The molecular formula is C15H24N2S. The van der Waals surface area contributed by atoms with Crippen molar-refractivity contribution < 1.29 is 0 Å². The second kappa shape index (κ2) is 6.58. The van der Waals surface area contributed by atoms with Crippen LogP contribution in [-0.4, -0.2) is 29.6 Å². The molecular weight excluding hydrogens is 240 g/mol. The van der Waals surface area contributed by atoms with Crippen LogP contribution in [0.4, 0.5) is 0 Å². The predicted molar refractivity (Wildman–Crippen MR) is 80.3 cm³/mol. The van der Waals surface area contributed by atoms with Crippen molar-refractivity contribution in [3.8, 4) is 0 Å². The number of aromatic nitrogens is 1. The Balaban J connectivity index is 1.97. The molecule has 2 atom stereocenters. The summed E-state index contributed by atoms with van der Waals surface area (Å²) in [6, 6.07) is 4.85. The van der Waals surface area contributed by atoms with Crippen molar-refractivity contribution in [3.63, 3.8) is 0 Å². The maximum Gasteiger partial charge on any atom is 0.0482 e. The van der Waals surface area contributed by atoms with Gasteiger partial charge in [-0.2, -0.15) is 11.8 Å². The Hall–Kier alpha value is -0.540. The van der Waals surface area contributed by atoms with Crippen molar-refractivity contribution >= 4 is 11.8 Å². The van der Waals surface area contributed by atoms with Gasteiger partial charge in [0.25, 0.3) is 0 Å². The normalized spacial score (nSPS) is 20.1. The minimum absolute atomic E-state index is 0.560. The van der Waals surface area contributed by atoms with E-state index in [1.54, 1.807) is 0 Å². The van der Waals surface area contributed by atoms with E-state index < -0.39 is 0 Å². The summed E-state index contributed by atoms with van der Waals surface area (Å²) in [6.45, 7) is 4.57. The summed E-state index contributed by atoms with van der Waals surface area (Å²) in [5.41, 5.74) is 2.79. The second-order valence-corrected chi connectivity index (χ2v) is 6.59. The zero-order chi connectivity index (χ0) is 13.0. The highest BCUT2D eigenvalue weighted by Gasteiger charge is 2.29. The lowest BCUT2D eigenvalue weighted by molar-refractivity contribution is 0.491. The Labute approximate surface area is 115 Å². The number of likely N-dealkylation sites (N-methyl/N-ethyl adjacent to an activating group) is 1. The van der Waals surface area contributed by atoms with E-state index in [1.165, 1.54) is 35.6 Å². The molecule has 100 valence electrons. The van der Waals surface area contributed by atoms with Crippen molar-refractivity contribution in [2.75, 3.05) is 18.6 Å². The molecule has 0 radical (unpaired) electrons. The van der Waals surface area contributed by atoms with Gasteiger partial charge in [-0.25, -0.2) is 0 Å². The molecule has 2 rings (SSSR count). The topological polar surface area (TPSA) is 24.9 Å². The molecule has 1 aromatic rings. The number of rotatable bonds is 6. The highest BCUT2D eigenvalue weighted by molar-refractivity contribution is 7.99. The molecule has 0 amide bonds. The van der Waals surface area contributed by atoms with Crippen LogP contribution in [0.15, 0.2) is 18.3 Å².